The van der Waals surface area contributed by atoms with Gasteiger partial charge in [0, 0.05) is 24.4 Å². The topological polar surface area (TPSA) is 46.9 Å². The summed E-state index contributed by atoms with van der Waals surface area (Å²) in [6.07, 6.45) is 7.32. The number of hydrogen-bond donors (Lipinski definition) is 1. The third-order valence-corrected chi connectivity index (χ3v) is 3.65. The molecule has 1 heterocycles. The van der Waals surface area contributed by atoms with Crippen LogP contribution in [0.1, 0.15) is 11.1 Å². The van der Waals surface area contributed by atoms with Crippen LogP contribution in [0.25, 0.3) is 11.8 Å². The highest BCUT2D eigenvalue weighted by atomic mass is 19.1. The number of aromatic nitrogens is 2. The molecule has 0 atom stereocenters. The number of hydrogen-bond acceptors (Lipinski definition) is 2. The molecule has 0 fully saturated rings. The van der Waals surface area contributed by atoms with Crippen molar-refractivity contribution in [1.82, 2.24) is 15.1 Å². The Bertz CT molecular complexity index is 871. The summed E-state index contributed by atoms with van der Waals surface area (Å²) in [6, 6.07) is 16.1. The van der Waals surface area contributed by atoms with Gasteiger partial charge >= 0.3 is 0 Å². The van der Waals surface area contributed by atoms with Crippen molar-refractivity contribution >= 4 is 12.0 Å². The average Bonchev–Trinajstić information content (AvgIpc) is 3.10. The van der Waals surface area contributed by atoms with E-state index in [2.05, 4.69) is 10.4 Å². The predicted molar refractivity (Wildman–Crippen MR) is 95.7 cm³/mol. The molecule has 0 spiro atoms. The lowest BCUT2D eigenvalue weighted by Gasteiger charge is -2.02. The Kier molecular flexibility index (Phi) is 5.36. The first-order chi connectivity index (χ1) is 12.2. The molecule has 1 aromatic heterocycles. The number of nitrogens with zero attached hydrogens (tertiary/aromatic N) is 2. The van der Waals surface area contributed by atoms with Crippen LogP contribution in [0.4, 0.5) is 4.39 Å². The lowest BCUT2D eigenvalue weighted by molar-refractivity contribution is -0.116. The lowest BCUT2D eigenvalue weighted by atomic mass is 10.1. The van der Waals surface area contributed by atoms with Gasteiger partial charge in [0.2, 0.25) is 5.91 Å². The van der Waals surface area contributed by atoms with Gasteiger partial charge in [-0.1, -0.05) is 30.3 Å². The van der Waals surface area contributed by atoms with Gasteiger partial charge in [-0.15, -0.1) is 0 Å². The van der Waals surface area contributed by atoms with Crippen LogP contribution in [0.5, 0.6) is 0 Å². The molecular weight excluding hydrogens is 317 g/mol. The molecule has 0 saturated heterocycles. The number of carbonyl (C=O) groups is 1. The summed E-state index contributed by atoms with van der Waals surface area (Å²) in [4.78, 5) is 11.9. The standard InChI is InChI=1S/C20H18FN3O/c21-18-6-4-5-16(13-18)11-12-22-20(25)10-9-17-14-23-24(15-17)19-7-2-1-3-8-19/h1-10,13-15H,11-12H2,(H,22,25)/b10-9+. The number of rotatable bonds is 6. The third kappa shape index (κ3) is 4.88. The van der Waals surface area contributed by atoms with Gasteiger partial charge in [-0.05, 0) is 42.3 Å². The second-order valence-corrected chi connectivity index (χ2v) is 5.56. The molecule has 1 amide bonds. The largest absolute Gasteiger partial charge is 0.352 e. The Labute approximate surface area is 145 Å². The van der Waals surface area contributed by atoms with Crippen molar-refractivity contribution in [2.45, 2.75) is 6.42 Å². The molecule has 0 bridgehead atoms. The number of para-hydroxylation sites is 1. The molecule has 0 saturated carbocycles. The van der Waals surface area contributed by atoms with E-state index in [4.69, 9.17) is 0 Å². The van der Waals surface area contributed by atoms with Crippen molar-refractivity contribution in [2.24, 2.45) is 0 Å². The molecule has 3 rings (SSSR count). The molecule has 5 heteroatoms. The monoisotopic (exact) mass is 335 g/mol. The Morgan fingerprint density at radius 1 is 1.16 bits per heavy atom. The Balaban J connectivity index is 1.50. The van der Waals surface area contributed by atoms with Gasteiger partial charge in [-0.25, -0.2) is 9.07 Å². The van der Waals surface area contributed by atoms with E-state index in [1.807, 2.05) is 42.6 Å². The van der Waals surface area contributed by atoms with Crippen LogP contribution in [0.3, 0.4) is 0 Å². The highest BCUT2D eigenvalue weighted by Crippen LogP contribution is 2.08. The summed E-state index contributed by atoms with van der Waals surface area (Å²) in [7, 11) is 0. The lowest BCUT2D eigenvalue weighted by Crippen LogP contribution is -2.23. The van der Waals surface area contributed by atoms with E-state index in [1.54, 1.807) is 23.0 Å². The van der Waals surface area contributed by atoms with Gasteiger partial charge in [-0.2, -0.15) is 5.10 Å². The average molecular weight is 335 g/mol. The fourth-order valence-electron chi connectivity index (χ4n) is 2.40. The Morgan fingerprint density at radius 2 is 2.00 bits per heavy atom. The normalized spacial score (nSPS) is 10.9. The predicted octanol–water partition coefficient (Wildman–Crippen LogP) is 3.38. The van der Waals surface area contributed by atoms with Gasteiger partial charge in [0.25, 0.3) is 0 Å². The van der Waals surface area contributed by atoms with Crippen LogP contribution < -0.4 is 5.32 Å². The molecule has 0 aliphatic carbocycles. The van der Waals surface area contributed by atoms with Crippen LogP contribution >= 0.6 is 0 Å². The summed E-state index contributed by atoms with van der Waals surface area (Å²) < 4.78 is 14.8. The first kappa shape index (κ1) is 16.6. The number of benzene rings is 2. The molecule has 0 aliphatic rings. The van der Waals surface area contributed by atoms with E-state index in [9.17, 15) is 9.18 Å². The zero-order valence-corrected chi connectivity index (χ0v) is 13.6. The quantitative estimate of drug-likeness (QED) is 0.702. The molecule has 2 aromatic carbocycles. The Morgan fingerprint density at radius 3 is 2.80 bits per heavy atom. The van der Waals surface area contributed by atoms with E-state index < -0.39 is 0 Å². The summed E-state index contributed by atoms with van der Waals surface area (Å²) >= 11 is 0. The second kappa shape index (κ2) is 8.06. The van der Waals surface area contributed by atoms with Gasteiger partial charge in [0.05, 0.1) is 11.9 Å². The fraction of sp³-hybridized carbons (Fsp3) is 0.100. The minimum Gasteiger partial charge on any atom is -0.352 e. The zero-order chi connectivity index (χ0) is 17.5. The van der Waals surface area contributed by atoms with Crippen molar-refractivity contribution in [3.05, 3.63) is 90.0 Å². The first-order valence-corrected chi connectivity index (χ1v) is 8.01. The molecule has 4 nitrogen and oxygen atoms in total. The van der Waals surface area contributed by atoms with E-state index in [-0.39, 0.29) is 11.7 Å². The number of amides is 1. The van der Waals surface area contributed by atoms with Crippen LogP contribution in [-0.4, -0.2) is 22.2 Å². The van der Waals surface area contributed by atoms with Gasteiger partial charge in [0.15, 0.2) is 0 Å². The molecule has 25 heavy (non-hydrogen) atoms. The van der Waals surface area contributed by atoms with Crippen LogP contribution in [0.15, 0.2) is 73.1 Å². The zero-order valence-electron chi connectivity index (χ0n) is 13.6. The molecular formula is C20H18FN3O. The minimum absolute atomic E-state index is 0.191. The van der Waals surface area contributed by atoms with E-state index in [1.165, 1.54) is 18.2 Å². The van der Waals surface area contributed by atoms with Crippen molar-refractivity contribution in [3.63, 3.8) is 0 Å². The maximum atomic E-state index is 13.1. The molecule has 0 aliphatic heterocycles. The van der Waals surface area contributed by atoms with Crippen LogP contribution in [0.2, 0.25) is 0 Å². The van der Waals surface area contributed by atoms with E-state index in [0.29, 0.717) is 13.0 Å². The smallest absolute Gasteiger partial charge is 0.244 e. The van der Waals surface area contributed by atoms with Gasteiger partial charge < -0.3 is 5.32 Å². The summed E-state index contributed by atoms with van der Waals surface area (Å²) in [6.45, 7) is 0.454. The minimum atomic E-state index is -0.265. The number of nitrogens with one attached hydrogen (secondary N) is 1. The maximum Gasteiger partial charge on any atom is 0.244 e. The van der Waals surface area contributed by atoms with Crippen molar-refractivity contribution in [3.8, 4) is 5.69 Å². The second-order valence-electron chi connectivity index (χ2n) is 5.56. The highest BCUT2D eigenvalue weighted by molar-refractivity contribution is 5.91. The highest BCUT2D eigenvalue weighted by Gasteiger charge is 2.00. The summed E-state index contributed by atoms with van der Waals surface area (Å²) in [5.74, 6) is -0.456. The Hall–Kier alpha value is -3.21. The molecule has 1 N–H and O–H groups in total. The van der Waals surface area contributed by atoms with E-state index in [0.717, 1.165) is 16.8 Å². The maximum absolute atomic E-state index is 13.1. The van der Waals surface area contributed by atoms with Crippen LogP contribution in [-0.2, 0) is 11.2 Å². The first-order valence-electron chi connectivity index (χ1n) is 8.01. The third-order valence-electron chi connectivity index (χ3n) is 3.65. The number of halogens is 1. The number of carbonyl (C=O) groups excluding carboxylic acids is 1. The van der Waals surface area contributed by atoms with Gasteiger partial charge in [0.1, 0.15) is 5.82 Å². The van der Waals surface area contributed by atoms with Crippen molar-refractivity contribution in [1.29, 1.82) is 0 Å². The molecule has 0 radical (unpaired) electrons. The SMILES string of the molecule is O=C(/C=C/c1cnn(-c2ccccc2)c1)NCCc1cccc(F)c1. The fourth-order valence-corrected chi connectivity index (χ4v) is 2.40. The molecule has 0 unspecified atom stereocenters. The summed E-state index contributed by atoms with van der Waals surface area (Å²) in [5, 5.41) is 7.06. The molecule has 126 valence electrons. The van der Waals surface area contributed by atoms with Crippen LogP contribution in [0, 0.1) is 5.82 Å². The van der Waals surface area contributed by atoms with Gasteiger partial charge in [-0.3, -0.25) is 4.79 Å². The van der Waals surface area contributed by atoms with Crippen molar-refractivity contribution in [2.75, 3.05) is 6.54 Å². The molecule has 3 aromatic rings. The summed E-state index contributed by atoms with van der Waals surface area (Å²) in [5.41, 5.74) is 2.65. The van der Waals surface area contributed by atoms with Crippen molar-refractivity contribution < 1.29 is 9.18 Å². The van der Waals surface area contributed by atoms with E-state index >= 15 is 0 Å².